The highest BCUT2D eigenvalue weighted by atomic mass is 19.1. The molecule has 1 fully saturated rings. The maximum absolute atomic E-state index is 12.9. The van der Waals surface area contributed by atoms with E-state index in [0.717, 1.165) is 18.4 Å². The number of benzene rings is 1. The molecule has 1 radical (unpaired) electrons. The molecule has 1 aromatic carbocycles. The molecule has 1 aliphatic rings. The highest BCUT2D eigenvalue weighted by Gasteiger charge is 2.30. The smallest absolute Gasteiger partial charge is 0.131 e. The van der Waals surface area contributed by atoms with Crippen LogP contribution in [0.5, 0.6) is 0 Å². The van der Waals surface area contributed by atoms with Crippen LogP contribution in [0.15, 0.2) is 18.2 Å². The zero-order chi connectivity index (χ0) is 10.2. The lowest BCUT2D eigenvalue weighted by Gasteiger charge is -2.20. The van der Waals surface area contributed by atoms with Crippen LogP contribution >= 0.6 is 0 Å². The maximum Gasteiger partial charge on any atom is 0.131 e. The Kier molecular flexibility index (Phi) is 2.31. The number of nitrogens with one attached hydrogen (secondary N) is 1. The van der Waals surface area contributed by atoms with Crippen LogP contribution in [-0.2, 0) is 0 Å². The first kappa shape index (κ1) is 9.66. The van der Waals surface area contributed by atoms with Gasteiger partial charge in [-0.2, -0.15) is 0 Å². The Morgan fingerprint density at radius 2 is 2.36 bits per heavy atom. The summed E-state index contributed by atoms with van der Waals surface area (Å²) in [5.74, 6) is -0.269. The third-order valence-electron chi connectivity index (χ3n) is 2.82. The molecule has 0 amide bonds. The highest BCUT2D eigenvalue weighted by molar-refractivity contribution is 5.21. The summed E-state index contributed by atoms with van der Waals surface area (Å²) in [6.07, 6.45) is 2.22. The van der Waals surface area contributed by atoms with Crippen LogP contribution in [0.3, 0.4) is 0 Å². The molecular formula is C12H15FN. The van der Waals surface area contributed by atoms with Gasteiger partial charge in [0, 0.05) is 17.6 Å². The van der Waals surface area contributed by atoms with Crippen LogP contribution in [0, 0.1) is 11.9 Å². The summed E-state index contributed by atoms with van der Waals surface area (Å²) < 4.78 is 12.9. The molecule has 1 saturated heterocycles. The first-order valence-electron chi connectivity index (χ1n) is 5.02. The Balaban J connectivity index is 2.17. The minimum absolute atomic E-state index is 0.181. The van der Waals surface area contributed by atoms with E-state index in [1.54, 1.807) is 12.1 Å². The molecule has 1 atom stereocenters. The van der Waals surface area contributed by atoms with Gasteiger partial charge < -0.3 is 5.32 Å². The molecule has 14 heavy (non-hydrogen) atoms. The van der Waals surface area contributed by atoms with Crippen molar-refractivity contribution in [3.8, 4) is 0 Å². The van der Waals surface area contributed by atoms with Crippen molar-refractivity contribution in [1.82, 2.24) is 5.32 Å². The molecule has 75 valence electrons. The van der Waals surface area contributed by atoms with Gasteiger partial charge in [-0.1, -0.05) is 12.1 Å². The van der Waals surface area contributed by atoms with Gasteiger partial charge in [-0.3, -0.25) is 0 Å². The molecule has 0 aromatic heterocycles. The lowest BCUT2D eigenvalue weighted by molar-refractivity contribution is 0.432. The van der Waals surface area contributed by atoms with Gasteiger partial charge in [0.15, 0.2) is 0 Å². The van der Waals surface area contributed by atoms with Gasteiger partial charge in [-0.15, -0.1) is 0 Å². The van der Waals surface area contributed by atoms with Crippen molar-refractivity contribution in [3.05, 3.63) is 35.6 Å². The van der Waals surface area contributed by atoms with E-state index in [0.29, 0.717) is 6.04 Å². The standard InChI is InChI=1S/C12H15FN/c1-12(2)7-6-11(14-12)9-4-3-5-10(13)8-9/h3-4,8,11,14H,6-7H2,1-2H3/t11-/m1/s1. The Morgan fingerprint density at radius 3 is 2.93 bits per heavy atom. The first-order chi connectivity index (χ1) is 6.57. The van der Waals surface area contributed by atoms with E-state index in [1.807, 2.05) is 6.07 Å². The lowest BCUT2D eigenvalue weighted by atomic mass is 10.0. The SMILES string of the molecule is CC1(C)CC[C@H](c2cc[c]c(F)c2)N1. The molecule has 0 aliphatic carbocycles. The van der Waals surface area contributed by atoms with Crippen molar-refractivity contribution < 1.29 is 4.39 Å². The molecule has 0 saturated carbocycles. The van der Waals surface area contributed by atoms with Gasteiger partial charge >= 0.3 is 0 Å². The minimum atomic E-state index is -0.269. The van der Waals surface area contributed by atoms with Crippen LogP contribution in [0.1, 0.15) is 38.3 Å². The molecular weight excluding hydrogens is 177 g/mol. The molecule has 2 rings (SSSR count). The molecule has 1 aromatic rings. The summed E-state index contributed by atoms with van der Waals surface area (Å²) >= 11 is 0. The molecule has 1 N–H and O–H groups in total. The molecule has 1 aliphatic heterocycles. The van der Waals surface area contributed by atoms with E-state index in [9.17, 15) is 4.39 Å². The zero-order valence-corrected chi connectivity index (χ0v) is 8.60. The average molecular weight is 192 g/mol. The number of halogens is 1. The van der Waals surface area contributed by atoms with Gasteiger partial charge in [0.2, 0.25) is 0 Å². The number of rotatable bonds is 1. The van der Waals surface area contributed by atoms with Gasteiger partial charge in [0.05, 0.1) is 0 Å². The van der Waals surface area contributed by atoms with Crippen LogP contribution in [0.4, 0.5) is 4.39 Å². The van der Waals surface area contributed by atoms with E-state index in [1.165, 1.54) is 0 Å². The molecule has 1 heterocycles. The van der Waals surface area contributed by atoms with Gasteiger partial charge in [0.25, 0.3) is 0 Å². The fraction of sp³-hybridized carbons (Fsp3) is 0.500. The highest BCUT2D eigenvalue weighted by Crippen LogP contribution is 2.32. The number of hydrogen-bond acceptors (Lipinski definition) is 1. The van der Waals surface area contributed by atoms with Crippen molar-refractivity contribution in [2.45, 2.75) is 38.3 Å². The third kappa shape index (κ3) is 1.95. The fourth-order valence-electron chi connectivity index (χ4n) is 2.04. The second-order valence-corrected chi connectivity index (χ2v) is 4.59. The predicted octanol–water partition coefficient (Wildman–Crippen LogP) is 2.83. The Morgan fingerprint density at radius 1 is 1.57 bits per heavy atom. The van der Waals surface area contributed by atoms with Crippen LogP contribution in [-0.4, -0.2) is 5.54 Å². The predicted molar refractivity (Wildman–Crippen MR) is 54.4 cm³/mol. The second kappa shape index (κ2) is 3.35. The number of hydrogen-bond donors (Lipinski definition) is 1. The molecule has 0 spiro atoms. The molecule has 2 heteroatoms. The topological polar surface area (TPSA) is 12.0 Å². The summed E-state index contributed by atoms with van der Waals surface area (Å²) in [6, 6.07) is 7.97. The summed E-state index contributed by atoms with van der Waals surface area (Å²) in [7, 11) is 0. The third-order valence-corrected chi connectivity index (χ3v) is 2.82. The van der Waals surface area contributed by atoms with E-state index in [2.05, 4.69) is 25.2 Å². The molecule has 1 nitrogen and oxygen atoms in total. The van der Waals surface area contributed by atoms with Gasteiger partial charge in [-0.25, -0.2) is 4.39 Å². The monoisotopic (exact) mass is 192 g/mol. The Labute approximate surface area is 84.3 Å². The molecule has 0 unspecified atom stereocenters. The van der Waals surface area contributed by atoms with Crippen molar-refractivity contribution in [3.63, 3.8) is 0 Å². The summed E-state index contributed by atoms with van der Waals surface area (Å²) in [6.45, 7) is 4.36. The average Bonchev–Trinajstić information content (AvgIpc) is 2.46. The van der Waals surface area contributed by atoms with Gasteiger partial charge in [-0.05, 0) is 38.3 Å². The van der Waals surface area contributed by atoms with E-state index in [4.69, 9.17) is 0 Å². The van der Waals surface area contributed by atoms with E-state index < -0.39 is 0 Å². The quantitative estimate of drug-likeness (QED) is 0.721. The molecule has 0 bridgehead atoms. The second-order valence-electron chi connectivity index (χ2n) is 4.59. The maximum atomic E-state index is 12.9. The summed E-state index contributed by atoms with van der Waals surface area (Å²) in [5, 5.41) is 3.49. The largest absolute Gasteiger partial charge is 0.305 e. The fourth-order valence-corrected chi connectivity index (χ4v) is 2.04. The Hall–Kier alpha value is -0.890. The van der Waals surface area contributed by atoms with Crippen molar-refractivity contribution in [2.75, 3.05) is 0 Å². The summed E-state index contributed by atoms with van der Waals surface area (Å²) in [4.78, 5) is 0. The zero-order valence-electron chi connectivity index (χ0n) is 8.60. The van der Waals surface area contributed by atoms with E-state index >= 15 is 0 Å². The van der Waals surface area contributed by atoms with Crippen LogP contribution < -0.4 is 5.32 Å². The first-order valence-corrected chi connectivity index (χ1v) is 5.02. The van der Waals surface area contributed by atoms with Crippen molar-refractivity contribution >= 4 is 0 Å². The van der Waals surface area contributed by atoms with E-state index in [-0.39, 0.29) is 11.4 Å². The Bertz CT molecular complexity index is 333. The lowest BCUT2D eigenvalue weighted by Crippen LogP contribution is -2.33. The summed E-state index contributed by atoms with van der Waals surface area (Å²) in [5.41, 5.74) is 1.22. The normalized spacial score (nSPS) is 25.2. The van der Waals surface area contributed by atoms with Crippen LogP contribution in [0.25, 0.3) is 0 Å². The minimum Gasteiger partial charge on any atom is -0.305 e. The van der Waals surface area contributed by atoms with Gasteiger partial charge in [0.1, 0.15) is 5.82 Å². The van der Waals surface area contributed by atoms with Crippen molar-refractivity contribution in [2.24, 2.45) is 0 Å². The van der Waals surface area contributed by atoms with Crippen molar-refractivity contribution in [1.29, 1.82) is 0 Å². The van der Waals surface area contributed by atoms with Crippen LogP contribution in [0.2, 0.25) is 0 Å².